The number of hydrogen-bond acceptors (Lipinski definition) is 2. The van der Waals surface area contributed by atoms with Crippen molar-refractivity contribution in [3.63, 3.8) is 0 Å². The monoisotopic (exact) mass is 296 g/mol. The fraction of sp³-hybridized carbons (Fsp3) is 0.211. The van der Waals surface area contributed by atoms with Gasteiger partial charge in [-0.2, -0.15) is 0 Å². The van der Waals surface area contributed by atoms with Crippen LogP contribution in [0, 0.1) is 0 Å². The molecule has 0 N–H and O–H groups in total. The van der Waals surface area contributed by atoms with Crippen LogP contribution in [0.2, 0.25) is 0 Å². The third-order valence-corrected chi connectivity index (χ3v) is 4.29. The second-order valence-corrected chi connectivity index (χ2v) is 5.94. The predicted octanol–water partition coefficient (Wildman–Crippen LogP) is 5.44. The van der Waals surface area contributed by atoms with E-state index in [1.54, 1.807) is 17.8 Å². The van der Waals surface area contributed by atoms with E-state index in [2.05, 4.69) is 19.1 Å². The highest BCUT2D eigenvalue weighted by Crippen LogP contribution is 2.28. The van der Waals surface area contributed by atoms with Gasteiger partial charge in [-0.1, -0.05) is 74.0 Å². The zero-order valence-corrected chi connectivity index (χ0v) is 13.1. The zero-order valence-electron chi connectivity index (χ0n) is 12.3. The minimum atomic E-state index is 0.0680. The summed E-state index contributed by atoms with van der Waals surface area (Å²) in [6.45, 7) is 2.18. The number of carbonyl (C=O) groups excluding carboxylic acids is 1. The number of thioether (sulfide) groups is 1. The summed E-state index contributed by atoms with van der Waals surface area (Å²) in [4.78, 5) is 13.4. The Balaban J connectivity index is 2.22. The van der Waals surface area contributed by atoms with Crippen LogP contribution in [0.25, 0.3) is 4.91 Å². The van der Waals surface area contributed by atoms with Crippen LogP contribution < -0.4 is 0 Å². The quantitative estimate of drug-likeness (QED) is 0.384. The molecule has 0 bridgehead atoms. The predicted molar refractivity (Wildman–Crippen MR) is 92.6 cm³/mol. The highest BCUT2D eigenvalue weighted by Gasteiger charge is 2.07. The van der Waals surface area contributed by atoms with Gasteiger partial charge in [-0.15, -0.1) is 11.8 Å². The molecule has 0 atom stereocenters. The van der Waals surface area contributed by atoms with Gasteiger partial charge in [0.25, 0.3) is 0 Å². The van der Waals surface area contributed by atoms with Gasteiger partial charge < -0.3 is 0 Å². The number of hydrogen-bond donors (Lipinski definition) is 0. The summed E-state index contributed by atoms with van der Waals surface area (Å²) in [6.07, 6.45) is 4.10. The second-order valence-electron chi connectivity index (χ2n) is 4.81. The normalized spacial score (nSPS) is 11.4. The lowest BCUT2D eigenvalue weighted by Crippen LogP contribution is -1.95. The Bertz CT molecular complexity index is 587. The molecule has 0 aliphatic rings. The molecule has 0 aliphatic carbocycles. The Labute approximate surface area is 131 Å². The van der Waals surface area contributed by atoms with E-state index in [4.69, 9.17) is 0 Å². The molecule has 0 spiro atoms. The van der Waals surface area contributed by atoms with Crippen LogP contribution in [0.1, 0.15) is 35.7 Å². The number of allylic oxidation sites excluding steroid dienone is 1. The Morgan fingerprint density at radius 2 is 1.52 bits per heavy atom. The fourth-order valence-corrected chi connectivity index (χ4v) is 3.09. The molecule has 0 radical (unpaired) electrons. The molecule has 0 heterocycles. The first kappa shape index (κ1) is 15.6. The number of unbranched alkanes of at least 4 members (excludes halogenated alkanes) is 1. The smallest absolute Gasteiger partial charge is 0.186 e. The van der Waals surface area contributed by atoms with Crippen LogP contribution in [0.3, 0.4) is 0 Å². The van der Waals surface area contributed by atoms with E-state index < -0.39 is 0 Å². The molecule has 2 aromatic carbocycles. The molecule has 0 aromatic heterocycles. The van der Waals surface area contributed by atoms with E-state index in [0.29, 0.717) is 0 Å². The maximum absolute atomic E-state index is 12.4. The highest BCUT2D eigenvalue weighted by atomic mass is 32.2. The molecule has 0 fully saturated rings. The van der Waals surface area contributed by atoms with Crippen molar-refractivity contribution in [2.45, 2.75) is 19.8 Å². The van der Waals surface area contributed by atoms with Crippen molar-refractivity contribution in [2.24, 2.45) is 0 Å². The maximum Gasteiger partial charge on any atom is 0.186 e. The molecule has 2 rings (SSSR count). The average Bonchev–Trinajstić information content (AvgIpc) is 2.55. The third-order valence-electron chi connectivity index (χ3n) is 3.13. The van der Waals surface area contributed by atoms with E-state index in [1.165, 1.54) is 6.42 Å². The van der Waals surface area contributed by atoms with E-state index in [1.807, 2.05) is 48.5 Å². The molecule has 108 valence electrons. The van der Waals surface area contributed by atoms with Crippen molar-refractivity contribution in [2.75, 3.05) is 5.75 Å². The molecule has 0 unspecified atom stereocenters. The van der Waals surface area contributed by atoms with Crippen molar-refractivity contribution in [1.82, 2.24) is 0 Å². The summed E-state index contributed by atoms with van der Waals surface area (Å²) >= 11 is 1.76. The zero-order chi connectivity index (χ0) is 14.9. The highest BCUT2D eigenvalue weighted by molar-refractivity contribution is 8.08. The fourth-order valence-electron chi connectivity index (χ4n) is 1.94. The average molecular weight is 296 g/mol. The molecule has 0 saturated carbocycles. The summed E-state index contributed by atoms with van der Waals surface area (Å²) in [6, 6.07) is 19.6. The van der Waals surface area contributed by atoms with E-state index >= 15 is 0 Å². The van der Waals surface area contributed by atoms with Gasteiger partial charge in [0.15, 0.2) is 5.78 Å². The molecular formula is C19H20OS. The van der Waals surface area contributed by atoms with Gasteiger partial charge in [-0.25, -0.2) is 0 Å². The summed E-state index contributed by atoms with van der Waals surface area (Å²) in [7, 11) is 0. The van der Waals surface area contributed by atoms with Crippen LogP contribution in [-0.2, 0) is 0 Å². The van der Waals surface area contributed by atoms with Gasteiger partial charge in [0.2, 0.25) is 0 Å². The molecule has 0 aliphatic heterocycles. The van der Waals surface area contributed by atoms with E-state index in [9.17, 15) is 4.79 Å². The SMILES string of the molecule is CCCCS/C(=C\C(=O)c1ccccc1)c1ccccc1. The molecule has 0 amide bonds. The molecule has 2 aromatic rings. The first-order valence-electron chi connectivity index (χ1n) is 7.30. The summed E-state index contributed by atoms with van der Waals surface area (Å²) in [5.74, 6) is 1.11. The lowest BCUT2D eigenvalue weighted by molar-refractivity contribution is 0.104. The first-order valence-corrected chi connectivity index (χ1v) is 8.29. The Morgan fingerprint density at radius 1 is 0.952 bits per heavy atom. The molecule has 1 nitrogen and oxygen atoms in total. The van der Waals surface area contributed by atoms with Crippen molar-refractivity contribution in [1.29, 1.82) is 0 Å². The minimum Gasteiger partial charge on any atom is -0.289 e. The Hall–Kier alpha value is -1.80. The van der Waals surface area contributed by atoms with Gasteiger partial charge in [0, 0.05) is 16.5 Å². The molecule has 0 saturated heterocycles. The number of ketones is 1. The van der Waals surface area contributed by atoms with Crippen molar-refractivity contribution < 1.29 is 4.79 Å². The molecule has 21 heavy (non-hydrogen) atoms. The van der Waals surface area contributed by atoms with Crippen LogP contribution in [0.5, 0.6) is 0 Å². The Morgan fingerprint density at radius 3 is 2.10 bits per heavy atom. The summed E-state index contributed by atoms with van der Waals surface area (Å²) < 4.78 is 0. The first-order chi connectivity index (χ1) is 10.3. The van der Waals surface area contributed by atoms with Crippen LogP contribution in [0.4, 0.5) is 0 Å². The van der Waals surface area contributed by atoms with Crippen molar-refractivity contribution >= 4 is 22.5 Å². The van der Waals surface area contributed by atoms with E-state index in [-0.39, 0.29) is 5.78 Å². The summed E-state index contributed by atoms with van der Waals surface area (Å²) in [5, 5.41) is 0. The Kier molecular flexibility index (Phi) is 6.29. The van der Waals surface area contributed by atoms with Crippen LogP contribution in [-0.4, -0.2) is 11.5 Å². The molecular weight excluding hydrogens is 276 g/mol. The topological polar surface area (TPSA) is 17.1 Å². The van der Waals surface area contributed by atoms with Gasteiger partial charge in [0.1, 0.15) is 0 Å². The number of benzene rings is 2. The van der Waals surface area contributed by atoms with Crippen LogP contribution in [0.15, 0.2) is 66.7 Å². The van der Waals surface area contributed by atoms with E-state index in [0.717, 1.165) is 28.2 Å². The third kappa shape index (κ3) is 4.91. The second kappa shape index (κ2) is 8.48. The standard InChI is InChI=1S/C19H20OS/c1-2-3-14-21-19(17-12-8-5-9-13-17)15-18(20)16-10-6-4-7-11-16/h4-13,15H,2-3,14H2,1H3/b19-15-. The van der Waals surface area contributed by atoms with Crippen LogP contribution >= 0.6 is 11.8 Å². The van der Waals surface area contributed by atoms with Gasteiger partial charge in [0.05, 0.1) is 0 Å². The van der Waals surface area contributed by atoms with Crippen molar-refractivity contribution in [3.05, 3.63) is 77.9 Å². The number of carbonyl (C=O) groups is 1. The van der Waals surface area contributed by atoms with Gasteiger partial charge in [-0.05, 0) is 17.7 Å². The van der Waals surface area contributed by atoms with Gasteiger partial charge in [-0.3, -0.25) is 4.79 Å². The largest absolute Gasteiger partial charge is 0.289 e. The summed E-state index contributed by atoms with van der Waals surface area (Å²) in [5.41, 5.74) is 1.85. The number of rotatable bonds is 7. The van der Waals surface area contributed by atoms with Gasteiger partial charge >= 0.3 is 0 Å². The maximum atomic E-state index is 12.4. The van der Waals surface area contributed by atoms with Crippen molar-refractivity contribution in [3.8, 4) is 0 Å². The lowest BCUT2D eigenvalue weighted by Gasteiger charge is -2.07. The molecule has 2 heteroatoms. The lowest BCUT2D eigenvalue weighted by atomic mass is 10.1. The minimum absolute atomic E-state index is 0.0680.